The smallest absolute Gasteiger partial charge is 0.321 e. The molecule has 25 heavy (non-hydrogen) atoms. The second-order valence-corrected chi connectivity index (χ2v) is 6.11. The molecule has 1 unspecified atom stereocenters. The van der Waals surface area contributed by atoms with Crippen LogP contribution in [0.3, 0.4) is 0 Å². The van der Waals surface area contributed by atoms with Crippen LogP contribution >= 0.6 is 0 Å². The number of carbonyl (C=O) groups is 1. The lowest BCUT2D eigenvalue weighted by molar-refractivity contribution is 0.222. The molecular formula is C18H24N4O3. The molecule has 1 aliphatic heterocycles. The minimum atomic E-state index is -0.0994. The molecular weight excluding hydrogens is 320 g/mol. The standard InChI is InChI=1S/C18H24N4O3/c1-4-25-16-6-5-15(9-17(16)24-3)20-18(23)22-8-7-13(12-22)14-10-19-21(2)11-14/h5-6,9-11,13H,4,7-8,12H2,1-3H3,(H,20,23). The Morgan fingerprint density at radius 1 is 1.40 bits per heavy atom. The number of aromatic nitrogens is 2. The normalized spacial score (nSPS) is 16.8. The quantitative estimate of drug-likeness (QED) is 0.905. The van der Waals surface area contributed by atoms with E-state index in [1.165, 1.54) is 5.56 Å². The number of benzene rings is 1. The van der Waals surface area contributed by atoms with Gasteiger partial charge in [-0.2, -0.15) is 5.10 Å². The molecule has 2 amide bonds. The van der Waals surface area contributed by atoms with Crippen molar-refractivity contribution in [2.24, 2.45) is 7.05 Å². The molecule has 1 N–H and O–H groups in total. The van der Waals surface area contributed by atoms with Gasteiger partial charge < -0.3 is 19.7 Å². The van der Waals surface area contributed by atoms with Gasteiger partial charge in [0.05, 0.1) is 19.9 Å². The maximum absolute atomic E-state index is 12.5. The second kappa shape index (κ2) is 7.46. The monoisotopic (exact) mass is 344 g/mol. The van der Waals surface area contributed by atoms with E-state index in [4.69, 9.17) is 9.47 Å². The van der Waals surface area contributed by atoms with E-state index in [1.54, 1.807) is 23.9 Å². The van der Waals surface area contributed by atoms with E-state index in [0.717, 1.165) is 13.0 Å². The van der Waals surface area contributed by atoms with Crippen LogP contribution in [0.25, 0.3) is 0 Å². The Kier molecular flexibility index (Phi) is 5.11. The first kappa shape index (κ1) is 17.1. The highest BCUT2D eigenvalue weighted by molar-refractivity contribution is 5.90. The summed E-state index contributed by atoms with van der Waals surface area (Å²) in [5.41, 5.74) is 1.87. The average Bonchev–Trinajstić information content (AvgIpc) is 3.25. The molecule has 1 aliphatic rings. The minimum Gasteiger partial charge on any atom is -0.493 e. The van der Waals surface area contributed by atoms with Gasteiger partial charge in [-0.1, -0.05) is 0 Å². The first-order chi connectivity index (χ1) is 12.1. The molecule has 0 bridgehead atoms. The summed E-state index contributed by atoms with van der Waals surface area (Å²) < 4.78 is 12.6. The van der Waals surface area contributed by atoms with Gasteiger partial charge >= 0.3 is 6.03 Å². The van der Waals surface area contributed by atoms with Crippen LogP contribution in [0.4, 0.5) is 10.5 Å². The van der Waals surface area contributed by atoms with E-state index >= 15 is 0 Å². The Morgan fingerprint density at radius 3 is 2.92 bits per heavy atom. The van der Waals surface area contributed by atoms with Gasteiger partial charge in [0, 0.05) is 44.0 Å². The number of ether oxygens (including phenoxy) is 2. The lowest BCUT2D eigenvalue weighted by Gasteiger charge is -2.18. The van der Waals surface area contributed by atoms with Gasteiger partial charge in [0.2, 0.25) is 0 Å². The molecule has 0 aliphatic carbocycles. The van der Waals surface area contributed by atoms with E-state index in [2.05, 4.69) is 10.4 Å². The molecule has 1 aromatic carbocycles. The van der Waals surface area contributed by atoms with Gasteiger partial charge in [-0.25, -0.2) is 4.79 Å². The molecule has 1 saturated heterocycles. The van der Waals surface area contributed by atoms with Crippen LogP contribution in [-0.4, -0.2) is 47.5 Å². The third-order valence-electron chi connectivity index (χ3n) is 4.39. The van der Waals surface area contributed by atoms with E-state index in [9.17, 15) is 4.79 Å². The van der Waals surface area contributed by atoms with Gasteiger partial charge in [0.1, 0.15) is 0 Å². The highest BCUT2D eigenvalue weighted by Crippen LogP contribution is 2.31. The Balaban J connectivity index is 1.62. The van der Waals surface area contributed by atoms with Gasteiger partial charge in [0.15, 0.2) is 11.5 Å². The summed E-state index contributed by atoms with van der Waals surface area (Å²) in [6.45, 7) is 3.91. The van der Waals surface area contributed by atoms with Crippen molar-refractivity contribution >= 4 is 11.7 Å². The van der Waals surface area contributed by atoms with Crippen LogP contribution in [0.15, 0.2) is 30.6 Å². The number of methoxy groups -OCH3 is 1. The third-order valence-corrected chi connectivity index (χ3v) is 4.39. The predicted octanol–water partition coefficient (Wildman–Crippen LogP) is 2.85. The van der Waals surface area contributed by atoms with Crippen LogP contribution < -0.4 is 14.8 Å². The zero-order valence-corrected chi connectivity index (χ0v) is 14.9. The third kappa shape index (κ3) is 3.87. The fraction of sp³-hybridized carbons (Fsp3) is 0.444. The SMILES string of the molecule is CCOc1ccc(NC(=O)N2CCC(c3cnn(C)c3)C2)cc1OC. The molecule has 1 aromatic heterocycles. The fourth-order valence-electron chi connectivity index (χ4n) is 3.09. The van der Waals surface area contributed by atoms with E-state index < -0.39 is 0 Å². The number of hydrogen-bond acceptors (Lipinski definition) is 4. The van der Waals surface area contributed by atoms with Crippen molar-refractivity contribution in [3.8, 4) is 11.5 Å². The molecule has 7 heteroatoms. The van der Waals surface area contributed by atoms with E-state index in [0.29, 0.717) is 36.3 Å². The average molecular weight is 344 g/mol. The van der Waals surface area contributed by atoms with Crippen molar-refractivity contribution in [1.29, 1.82) is 0 Å². The number of carbonyl (C=O) groups excluding carboxylic acids is 1. The summed E-state index contributed by atoms with van der Waals surface area (Å²) in [7, 11) is 3.49. The molecule has 1 fully saturated rings. The second-order valence-electron chi connectivity index (χ2n) is 6.11. The number of nitrogens with one attached hydrogen (secondary N) is 1. The van der Waals surface area contributed by atoms with Crippen LogP contribution in [0.1, 0.15) is 24.8 Å². The van der Waals surface area contributed by atoms with Crippen LogP contribution in [0.2, 0.25) is 0 Å². The Morgan fingerprint density at radius 2 is 2.24 bits per heavy atom. The Labute approximate surface area is 147 Å². The number of nitrogens with zero attached hydrogens (tertiary/aromatic N) is 3. The zero-order valence-electron chi connectivity index (χ0n) is 14.9. The van der Waals surface area contributed by atoms with Crippen molar-refractivity contribution in [3.63, 3.8) is 0 Å². The maximum atomic E-state index is 12.5. The number of rotatable bonds is 5. The van der Waals surface area contributed by atoms with Crippen molar-refractivity contribution < 1.29 is 14.3 Å². The molecule has 0 spiro atoms. The summed E-state index contributed by atoms with van der Waals surface area (Å²) in [5.74, 6) is 1.62. The summed E-state index contributed by atoms with van der Waals surface area (Å²) in [4.78, 5) is 14.4. The minimum absolute atomic E-state index is 0.0994. The Hall–Kier alpha value is -2.70. The van der Waals surface area contributed by atoms with E-state index in [-0.39, 0.29) is 6.03 Å². The fourth-order valence-corrected chi connectivity index (χ4v) is 3.09. The van der Waals surface area contributed by atoms with Crippen molar-refractivity contribution in [2.45, 2.75) is 19.3 Å². The number of urea groups is 1. The van der Waals surface area contributed by atoms with Gasteiger partial charge in [0.25, 0.3) is 0 Å². The number of anilines is 1. The molecule has 0 saturated carbocycles. The summed E-state index contributed by atoms with van der Waals surface area (Å²) in [6.07, 6.45) is 4.85. The molecule has 7 nitrogen and oxygen atoms in total. The molecule has 0 radical (unpaired) electrons. The van der Waals surface area contributed by atoms with Crippen molar-refractivity contribution in [3.05, 3.63) is 36.2 Å². The zero-order chi connectivity index (χ0) is 17.8. The Bertz CT molecular complexity index is 744. The number of likely N-dealkylation sites (tertiary alicyclic amines) is 1. The summed E-state index contributed by atoms with van der Waals surface area (Å²) >= 11 is 0. The number of aryl methyl sites for hydroxylation is 1. The first-order valence-corrected chi connectivity index (χ1v) is 8.46. The van der Waals surface area contributed by atoms with Crippen LogP contribution in [0, 0.1) is 0 Å². The topological polar surface area (TPSA) is 68.6 Å². The maximum Gasteiger partial charge on any atom is 0.321 e. The highest BCUT2D eigenvalue weighted by Gasteiger charge is 2.28. The van der Waals surface area contributed by atoms with Crippen LogP contribution in [0.5, 0.6) is 11.5 Å². The largest absolute Gasteiger partial charge is 0.493 e. The summed E-state index contributed by atoms with van der Waals surface area (Å²) in [5, 5.41) is 7.15. The highest BCUT2D eigenvalue weighted by atomic mass is 16.5. The van der Waals surface area contributed by atoms with E-state index in [1.807, 2.05) is 37.3 Å². The molecule has 1 atom stereocenters. The van der Waals surface area contributed by atoms with Crippen LogP contribution in [-0.2, 0) is 7.05 Å². The summed E-state index contributed by atoms with van der Waals surface area (Å²) in [6, 6.07) is 5.30. The lowest BCUT2D eigenvalue weighted by atomic mass is 10.0. The molecule has 2 heterocycles. The first-order valence-electron chi connectivity index (χ1n) is 8.46. The van der Waals surface area contributed by atoms with Crippen molar-refractivity contribution in [1.82, 2.24) is 14.7 Å². The molecule has 2 aromatic rings. The molecule has 3 rings (SSSR count). The number of hydrogen-bond donors (Lipinski definition) is 1. The van der Waals surface area contributed by atoms with Crippen molar-refractivity contribution in [2.75, 3.05) is 32.1 Å². The lowest BCUT2D eigenvalue weighted by Crippen LogP contribution is -2.32. The van der Waals surface area contributed by atoms with Gasteiger partial charge in [-0.05, 0) is 31.0 Å². The van der Waals surface area contributed by atoms with Gasteiger partial charge in [-0.3, -0.25) is 4.68 Å². The number of amides is 2. The molecule has 134 valence electrons. The predicted molar refractivity (Wildman–Crippen MR) is 95.3 cm³/mol. The van der Waals surface area contributed by atoms with Gasteiger partial charge in [-0.15, -0.1) is 0 Å².